The normalized spacial score (nSPS) is 14.2. The van der Waals surface area contributed by atoms with Crippen molar-refractivity contribution in [1.82, 2.24) is 5.32 Å². The molecule has 0 aliphatic rings. The zero-order valence-corrected chi connectivity index (χ0v) is 20.2. The molecule has 0 heterocycles. The molecule has 0 rings (SSSR count). The van der Waals surface area contributed by atoms with E-state index in [1.807, 2.05) is 13.8 Å². The maximum atomic E-state index is 4.50. The molecule has 0 atom stereocenters. The number of amidine groups is 2. The summed E-state index contributed by atoms with van der Waals surface area (Å²) in [6, 6.07) is 0. The van der Waals surface area contributed by atoms with Crippen LogP contribution in [-0.2, 0) is 16.8 Å². The fourth-order valence-corrected chi connectivity index (χ4v) is 2.07. The van der Waals surface area contributed by atoms with Crippen LogP contribution in [-0.4, -0.2) is 33.8 Å². The van der Waals surface area contributed by atoms with Gasteiger partial charge in [-0.15, -0.1) is 0 Å². The Kier molecular flexibility index (Phi) is 12.3. The second-order valence-electron chi connectivity index (χ2n) is 10.4. The van der Waals surface area contributed by atoms with Gasteiger partial charge in [-0.05, 0) is 66.5 Å². The standard InChI is InChI=1S/C10H22N2.C10H21N2.Co/c2*1-8(11-9(2,3)4)12-10(5,6)7;/h1-7H3,(H,11,12);1-7H3;/q;-1;. The molecule has 0 aliphatic heterocycles. The van der Waals surface area contributed by atoms with E-state index in [9.17, 15) is 0 Å². The van der Waals surface area contributed by atoms with Crippen molar-refractivity contribution < 1.29 is 16.8 Å². The monoisotopic (exact) mass is 398 g/mol. The Bertz CT molecular complexity index is 383. The van der Waals surface area contributed by atoms with Gasteiger partial charge in [0.25, 0.3) is 0 Å². The third-order valence-corrected chi connectivity index (χ3v) is 2.05. The first-order valence-corrected chi connectivity index (χ1v) is 8.84. The summed E-state index contributed by atoms with van der Waals surface area (Å²) in [5.41, 5.74) is 0.0961. The third kappa shape index (κ3) is 28.5. The summed E-state index contributed by atoms with van der Waals surface area (Å²) in [5.74, 6) is 1.89. The van der Waals surface area contributed by atoms with Crippen LogP contribution in [0.15, 0.2) is 9.98 Å². The molecule has 0 aliphatic carbocycles. The van der Waals surface area contributed by atoms with Crippen molar-refractivity contribution in [3.05, 3.63) is 5.32 Å². The quantitative estimate of drug-likeness (QED) is 0.397. The minimum Gasteiger partial charge on any atom is -0.464 e. The van der Waals surface area contributed by atoms with Gasteiger partial charge < -0.3 is 15.6 Å². The topological polar surface area (TPSA) is 50.9 Å². The Morgan fingerprint density at radius 1 is 0.680 bits per heavy atom. The second-order valence-corrected chi connectivity index (χ2v) is 10.4. The molecule has 0 saturated carbocycles. The van der Waals surface area contributed by atoms with E-state index < -0.39 is 0 Å². The van der Waals surface area contributed by atoms with Crippen LogP contribution in [0.4, 0.5) is 0 Å². The molecule has 25 heavy (non-hydrogen) atoms. The average Bonchev–Trinajstić information content (AvgIpc) is 2.02. The van der Waals surface area contributed by atoms with Crippen LogP contribution in [0.2, 0.25) is 0 Å². The molecule has 4 nitrogen and oxygen atoms in total. The van der Waals surface area contributed by atoms with E-state index in [1.165, 1.54) is 0 Å². The van der Waals surface area contributed by atoms with Gasteiger partial charge in [-0.2, -0.15) is 0 Å². The molecular formula is C20H43CoN4-. The number of hydrogen-bond acceptors (Lipinski definition) is 2. The molecule has 1 radical (unpaired) electrons. The summed E-state index contributed by atoms with van der Waals surface area (Å²) in [6.07, 6.45) is 0. The summed E-state index contributed by atoms with van der Waals surface area (Å²) in [4.78, 5) is 8.94. The van der Waals surface area contributed by atoms with Gasteiger partial charge in [0, 0.05) is 22.3 Å². The summed E-state index contributed by atoms with van der Waals surface area (Å²) in [6.45, 7) is 29.1. The van der Waals surface area contributed by atoms with Gasteiger partial charge in [0.2, 0.25) is 0 Å². The van der Waals surface area contributed by atoms with Crippen molar-refractivity contribution in [1.29, 1.82) is 0 Å². The molecule has 0 fully saturated rings. The van der Waals surface area contributed by atoms with Gasteiger partial charge in [-0.3, -0.25) is 4.99 Å². The molecule has 0 spiro atoms. The number of rotatable bonds is 0. The van der Waals surface area contributed by atoms with Gasteiger partial charge in [-0.25, -0.2) is 0 Å². The predicted octanol–water partition coefficient (Wildman–Crippen LogP) is 5.96. The van der Waals surface area contributed by atoms with E-state index >= 15 is 0 Å². The molecule has 153 valence electrons. The average molecular weight is 399 g/mol. The van der Waals surface area contributed by atoms with Crippen LogP contribution < -0.4 is 5.32 Å². The first-order chi connectivity index (χ1) is 10.2. The molecule has 0 bridgehead atoms. The fraction of sp³-hybridized carbons (Fsp3) is 0.900. The minimum absolute atomic E-state index is 0. The molecule has 0 aromatic heterocycles. The zero-order valence-electron chi connectivity index (χ0n) is 19.2. The number of nitrogens with one attached hydrogen (secondary N) is 1. The van der Waals surface area contributed by atoms with Crippen LogP contribution >= 0.6 is 0 Å². The summed E-state index contributed by atoms with van der Waals surface area (Å²) in [5, 5.41) is 7.77. The molecule has 0 aromatic carbocycles. The van der Waals surface area contributed by atoms with Gasteiger partial charge in [-0.1, -0.05) is 47.4 Å². The summed E-state index contributed by atoms with van der Waals surface area (Å²) < 4.78 is 0. The van der Waals surface area contributed by atoms with Crippen molar-refractivity contribution in [2.45, 2.75) is 119 Å². The SMILES string of the molecule is CC(=NC(C)(C)C)NC(C)(C)C.CC(=NC(C)(C)C)[N-]C(C)(C)C.[Co]. The Morgan fingerprint density at radius 2 is 1.04 bits per heavy atom. The zero-order chi connectivity index (χ0) is 20.0. The summed E-state index contributed by atoms with van der Waals surface area (Å²) in [7, 11) is 0. The van der Waals surface area contributed by atoms with Crippen molar-refractivity contribution in [3.8, 4) is 0 Å². The molecule has 0 saturated heterocycles. The number of aliphatic imine (C=N–C) groups is 2. The maximum Gasteiger partial charge on any atom is 0.0942 e. The van der Waals surface area contributed by atoms with Crippen LogP contribution in [0.5, 0.6) is 0 Å². The van der Waals surface area contributed by atoms with Crippen LogP contribution in [0.25, 0.3) is 5.32 Å². The van der Waals surface area contributed by atoms with Gasteiger partial charge in [0.15, 0.2) is 0 Å². The Hall–Kier alpha value is -0.554. The van der Waals surface area contributed by atoms with Crippen molar-refractivity contribution in [2.75, 3.05) is 0 Å². The van der Waals surface area contributed by atoms with E-state index in [0.717, 1.165) is 11.7 Å². The summed E-state index contributed by atoms with van der Waals surface area (Å²) >= 11 is 0. The van der Waals surface area contributed by atoms with E-state index in [0.29, 0.717) is 0 Å². The Morgan fingerprint density at radius 3 is 1.28 bits per heavy atom. The first-order valence-electron chi connectivity index (χ1n) is 8.84. The molecular weight excluding hydrogens is 355 g/mol. The van der Waals surface area contributed by atoms with E-state index in [2.05, 4.69) is 104 Å². The van der Waals surface area contributed by atoms with E-state index in [1.54, 1.807) is 0 Å². The molecule has 1 N–H and O–H groups in total. The number of hydrogen-bond donors (Lipinski definition) is 1. The number of nitrogens with zero attached hydrogens (tertiary/aromatic N) is 3. The van der Waals surface area contributed by atoms with Crippen LogP contribution in [0.1, 0.15) is 96.9 Å². The minimum atomic E-state index is -0.0150. The van der Waals surface area contributed by atoms with Gasteiger partial charge in [0.1, 0.15) is 0 Å². The first kappa shape index (κ1) is 29.2. The molecule has 0 unspecified atom stereocenters. The largest absolute Gasteiger partial charge is 0.464 e. The van der Waals surface area contributed by atoms with E-state index in [-0.39, 0.29) is 38.9 Å². The van der Waals surface area contributed by atoms with Crippen LogP contribution in [0, 0.1) is 0 Å². The fourth-order valence-electron chi connectivity index (χ4n) is 2.07. The van der Waals surface area contributed by atoms with Gasteiger partial charge in [0.05, 0.1) is 11.4 Å². The van der Waals surface area contributed by atoms with Crippen molar-refractivity contribution >= 4 is 11.7 Å². The third-order valence-electron chi connectivity index (χ3n) is 2.05. The molecule has 5 heteroatoms. The van der Waals surface area contributed by atoms with E-state index in [4.69, 9.17) is 0 Å². The Labute approximate surface area is 168 Å². The van der Waals surface area contributed by atoms with Crippen LogP contribution in [0.3, 0.4) is 0 Å². The molecule has 0 amide bonds. The second kappa shape index (κ2) is 10.6. The smallest absolute Gasteiger partial charge is 0.0942 e. The predicted molar refractivity (Wildman–Crippen MR) is 112 cm³/mol. The Balaban J connectivity index is -0.000000372. The maximum absolute atomic E-state index is 4.50. The van der Waals surface area contributed by atoms with Crippen molar-refractivity contribution in [2.24, 2.45) is 9.98 Å². The van der Waals surface area contributed by atoms with Crippen molar-refractivity contribution in [3.63, 3.8) is 0 Å². The van der Waals surface area contributed by atoms with Gasteiger partial charge >= 0.3 is 0 Å². The molecule has 0 aromatic rings.